The maximum atomic E-state index is 11.0. The lowest BCUT2D eigenvalue weighted by molar-refractivity contribution is -0.122. The number of ether oxygens (including phenoxy) is 1. The Hall–Kier alpha value is -1.26. The van der Waals surface area contributed by atoms with Crippen LogP contribution in [0.25, 0.3) is 0 Å². The van der Waals surface area contributed by atoms with Gasteiger partial charge in [0.1, 0.15) is 5.75 Å². The van der Waals surface area contributed by atoms with Crippen LogP contribution in [0.3, 0.4) is 0 Å². The maximum absolute atomic E-state index is 11.0. The van der Waals surface area contributed by atoms with Crippen molar-refractivity contribution in [3.8, 4) is 5.75 Å². The molecule has 1 atom stereocenters. The first kappa shape index (κ1) is 12.8. The zero-order valence-electron chi connectivity index (χ0n) is 9.16. The summed E-state index contributed by atoms with van der Waals surface area (Å²) in [5, 5.41) is 12.1. The molecule has 88 valence electrons. The smallest absolute Gasteiger partial charge is 0.257 e. The molecule has 1 rings (SSSR count). The van der Waals surface area contributed by atoms with Gasteiger partial charge in [0, 0.05) is 7.05 Å². The molecule has 0 fully saturated rings. The quantitative estimate of drug-likeness (QED) is 0.843. The van der Waals surface area contributed by atoms with Crippen molar-refractivity contribution < 1.29 is 14.6 Å². The number of benzene rings is 1. The van der Waals surface area contributed by atoms with Gasteiger partial charge in [-0.1, -0.05) is 17.7 Å². The molecule has 0 aliphatic rings. The minimum Gasteiger partial charge on any atom is -0.482 e. The largest absolute Gasteiger partial charge is 0.482 e. The first-order valence-electron chi connectivity index (χ1n) is 4.85. The van der Waals surface area contributed by atoms with Crippen LogP contribution in [0.4, 0.5) is 0 Å². The highest BCUT2D eigenvalue weighted by atomic mass is 35.5. The van der Waals surface area contributed by atoms with Gasteiger partial charge >= 0.3 is 0 Å². The van der Waals surface area contributed by atoms with Gasteiger partial charge in [-0.3, -0.25) is 4.79 Å². The number of aliphatic hydroxyl groups is 1. The molecule has 1 amide bonds. The molecule has 0 aromatic heterocycles. The molecule has 0 bridgehead atoms. The van der Waals surface area contributed by atoms with Crippen molar-refractivity contribution in [3.63, 3.8) is 0 Å². The fourth-order valence-corrected chi connectivity index (χ4v) is 1.35. The minimum atomic E-state index is -0.578. The number of aliphatic hydroxyl groups excluding tert-OH is 1. The SMILES string of the molecule is CNC(=O)COc1ccc(C(C)O)cc1Cl. The molecule has 4 nitrogen and oxygen atoms in total. The van der Waals surface area contributed by atoms with Crippen molar-refractivity contribution in [1.29, 1.82) is 0 Å². The number of hydrogen-bond donors (Lipinski definition) is 2. The van der Waals surface area contributed by atoms with E-state index in [1.54, 1.807) is 25.1 Å². The van der Waals surface area contributed by atoms with E-state index in [1.807, 2.05) is 0 Å². The van der Waals surface area contributed by atoms with E-state index in [9.17, 15) is 9.90 Å². The first-order chi connectivity index (χ1) is 7.54. The Morgan fingerprint density at radius 3 is 2.81 bits per heavy atom. The van der Waals surface area contributed by atoms with E-state index in [-0.39, 0.29) is 12.5 Å². The fraction of sp³-hybridized carbons (Fsp3) is 0.364. The molecule has 1 aromatic carbocycles. The zero-order valence-corrected chi connectivity index (χ0v) is 9.91. The predicted molar refractivity (Wildman–Crippen MR) is 61.6 cm³/mol. The van der Waals surface area contributed by atoms with Crippen LogP contribution >= 0.6 is 11.6 Å². The molecule has 0 aliphatic heterocycles. The van der Waals surface area contributed by atoms with E-state index in [4.69, 9.17) is 16.3 Å². The lowest BCUT2D eigenvalue weighted by Gasteiger charge is -2.10. The molecule has 0 radical (unpaired) electrons. The molecule has 1 aromatic rings. The number of rotatable bonds is 4. The monoisotopic (exact) mass is 243 g/mol. The lowest BCUT2D eigenvalue weighted by atomic mass is 10.1. The van der Waals surface area contributed by atoms with E-state index >= 15 is 0 Å². The number of halogens is 1. The lowest BCUT2D eigenvalue weighted by Crippen LogP contribution is -2.24. The third kappa shape index (κ3) is 3.40. The third-order valence-electron chi connectivity index (χ3n) is 2.08. The van der Waals surface area contributed by atoms with Crippen molar-refractivity contribution in [3.05, 3.63) is 28.8 Å². The Morgan fingerprint density at radius 2 is 2.31 bits per heavy atom. The second-order valence-electron chi connectivity index (χ2n) is 3.33. The van der Waals surface area contributed by atoms with Crippen molar-refractivity contribution in [2.45, 2.75) is 13.0 Å². The summed E-state index contributed by atoms with van der Waals surface area (Å²) in [5.74, 6) is 0.199. The van der Waals surface area contributed by atoms with Gasteiger partial charge in [0.25, 0.3) is 5.91 Å². The summed E-state index contributed by atoms with van der Waals surface area (Å²) in [7, 11) is 1.53. The van der Waals surface area contributed by atoms with Crippen molar-refractivity contribution in [2.75, 3.05) is 13.7 Å². The van der Waals surface area contributed by atoms with Crippen LogP contribution in [-0.2, 0) is 4.79 Å². The molecule has 0 spiro atoms. The average Bonchev–Trinajstić information content (AvgIpc) is 2.26. The molecule has 2 N–H and O–H groups in total. The number of hydrogen-bond acceptors (Lipinski definition) is 3. The van der Waals surface area contributed by atoms with Gasteiger partial charge in [-0.05, 0) is 24.6 Å². The van der Waals surface area contributed by atoms with Gasteiger partial charge in [0.15, 0.2) is 6.61 Å². The molecular formula is C11H14ClNO3. The van der Waals surface area contributed by atoms with E-state index in [0.29, 0.717) is 16.3 Å². The number of carbonyl (C=O) groups is 1. The summed E-state index contributed by atoms with van der Waals surface area (Å²) >= 11 is 5.93. The summed E-state index contributed by atoms with van der Waals surface area (Å²) in [6, 6.07) is 4.95. The summed E-state index contributed by atoms with van der Waals surface area (Å²) in [6.45, 7) is 1.57. The second kappa shape index (κ2) is 5.72. The summed E-state index contributed by atoms with van der Waals surface area (Å²) in [6.07, 6.45) is -0.578. The summed E-state index contributed by atoms with van der Waals surface area (Å²) in [4.78, 5) is 11.0. The van der Waals surface area contributed by atoms with Crippen LogP contribution in [0.15, 0.2) is 18.2 Å². The maximum Gasteiger partial charge on any atom is 0.257 e. The molecule has 0 saturated heterocycles. The predicted octanol–water partition coefficient (Wildman–Crippen LogP) is 1.52. The average molecular weight is 244 g/mol. The van der Waals surface area contributed by atoms with Crippen LogP contribution in [0, 0.1) is 0 Å². The normalized spacial score (nSPS) is 12.0. The van der Waals surface area contributed by atoms with E-state index in [0.717, 1.165) is 0 Å². The number of likely N-dealkylation sites (N-methyl/N-ethyl adjacent to an activating group) is 1. The molecule has 0 saturated carbocycles. The summed E-state index contributed by atoms with van der Waals surface area (Å²) in [5.41, 5.74) is 0.706. The van der Waals surface area contributed by atoms with Gasteiger partial charge in [-0.2, -0.15) is 0 Å². The molecule has 0 aliphatic carbocycles. The summed E-state index contributed by atoms with van der Waals surface area (Å²) < 4.78 is 5.20. The van der Waals surface area contributed by atoms with Crippen molar-refractivity contribution >= 4 is 17.5 Å². The second-order valence-corrected chi connectivity index (χ2v) is 3.73. The van der Waals surface area contributed by atoms with Crippen molar-refractivity contribution in [2.24, 2.45) is 0 Å². The fourth-order valence-electron chi connectivity index (χ4n) is 1.11. The van der Waals surface area contributed by atoms with Gasteiger partial charge in [-0.15, -0.1) is 0 Å². The van der Waals surface area contributed by atoms with Crippen LogP contribution in [-0.4, -0.2) is 24.7 Å². The molecule has 16 heavy (non-hydrogen) atoms. The number of amides is 1. The molecule has 0 heterocycles. The zero-order chi connectivity index (χ0) is 12.1. The number of nitrogens with one attached hydrogen (secondary N) is 1. The van der Waals surface area contributed by atoms with Gasteiger partial charge in [-0.25, -0.2) is 0 Å². The standard InChI is InChI=1S/C11H14ClNO3/c1-7(14)8-3-4-10(9(12)5-8)16-6-11(15)13-2/h3-5,7,14H,6H2,1-2H3,(H,13,15). The number of carbonyl (C=O) groups excluding carboxylic acids is 1. The van der Waals surface area contributed by atoms with E-state index in [1.165, 1.54) is 7.05 Å². The first-order valence-corrected chi connectivity index (χ1v) is 5.23. The topological polar surface area (TPSA) is 58.6 Å². The van der Waals surface area contributed by atoms with Crippen LogP contribution in [0.1, 0.15) is 18.6 Å². The Balaban J connectivity index is 2.72. The van der Waals surface area contributed by atoms with Gasteiger partial charge in [0.05, 0.1) is 11.1 Å². The molecule has 5 heteroatoms. The van der Waals surface area contributed by atoms with Crippen LogP contribution in [0.2, 0.25) is 5.02 Å². The van der Waals surface area contributed by atoms with E-state index in [2.05, 4.69) is 5.32 Å². The van der Waals surface area contributed by atoms with Crippen molar-refractivity contribution in [1.82, 2.24) is 5.32 Å². The Morgan fingerprint density at radius 1 is 1.62 bits per heavy atom. The van der Waals surface area contributed by atoms with Gasteiger partial charge in [0.2, 0.25) is 0 Å². The molecule has 1 unspecified atom stereocenters. The Labute approximate surface area is 99.2 Å². The highest BCUT2D eigenvalue weighted by Crippen LogP contribution is 2.27. The van der Waals surface area contributed by atoms with Crippen LogP contribution < -0.4 is 10.1 Å². The molecular weight excluding hydrogens is 230 g/mol. The van der Waals surface area contributed by atoms with Gasteiger partial charge < -0.3 is 15.2 Å². The van der Waals surface area contributed by atoms with Crippen LogP contribution in [0.5, 0.6) is 5.75 Å². The van der Waals surface area contributed by atoms with E-state index < -0.39 is 6.10 Å². The highest BCUT2D eigenvalue weighted by Gasteiger charge is 2.07. The Kier molecular flexibility index (Phi) is 4.58. The Bertz CT molecular complexity index is 379. The third-order valence-corrected chi connectivity index (χ3v) is 2.37. The minimum absolute atomic E-state index is 0.0791. The highest BCUT2D eigenvalue weighted by molar-refractivity contribution is 6.32.